The fraction of sp³-hybridized carbons (Fsp3) is 0.368. The van der Waals surface area contributed by atoms with Crippen molar-refractivity contribution in [1.29, 1.82) is 0 Å². The van der Waals surface area contributed by atoms with Gasteiger partial charge in [0, 0.05) is 25.1 Å². The second-order valence-electron chi connectivity index (χ2n) is 6.91. The molecule has 0 atom stereocenters. The lowest BCUT2D eigenvalue weighted by Gasteiger charge is -2.14. The summed E-state index contributed by atoms with van der Waals surface area (Å²) >= 11 is 0. The predicted molar refractivity (Wildman–Crippen MR) is 94.7 cm³/mol. The summed E-state index contributed by atoms with van der Waals surface area (Å²) in [7, 11) is 0. The van der Waals surface area contributed by atoms with Crippen molar-refractivity contribution in [3.8, 4) is 0 Å². The number of hydrogen-bond donors (Lipinski definition) is 1. The Morgan fingerprint density at radius 1 is 1.19 bits per heavy atom. The number of nitrogens with zero attached hydrogens (tertiary/aromatic N) is 3. The van der Waals surface area contributed by atoms with Crippen molar-refractivity contribution in [2.75, 3.05) is 11.9 Å². The van der Waals surface area contributed by atoms with Gasteiger partial charge in [-0.1, -0.05) is 12.1 Å². The zero-order chi connectivity index (χ0) is 18.3. The summed E-state index contributed by atoms with van der Waals surface area (Å²) < 4.78 is 1.83. The first-order valence-electron chi connectivity index (χ1n) is 8.82. The number of benzene rings is 1. The summed E-state index contributed by atoms with van der Waals surface area (Å²) in [6.45, 7) is 2.77. The van der Waals surface area contributed by atoms with Gasteiger partial charge < -0.3 is 5.32 Å². The molecule has 0 radical (unpaired) electrons. The first-order valence-corrected chi connectivity index (χ1v) is 8.82. The predicted octanol–water partition coefficient (Wildman–Crippen LogP) is 2.23. The topological polar surface area (TPSA) is 84.3 Å². The number of nitrogens with one attached hydrogen (secondary N) is 1. The van der Waals surface area contributed by atoms with Crippen molar-refractivity contribution in [2.24, 2.45) is 5.92 Å². The Labute approximate surface area is 151 Å². The lowest BCUT2D eigenvalue weighted by molar-refractivity contribution is -0.116. The SMILES string of the molecule is Cc1cnn(CC2CC2)c1NC(=O)CCN1C(=O)c2ccccc2C1=O. The molecule has 2 heterocycles. The smallest absolute Gasteiger partial charge is 0.261 e. The summed E-state index contributed by atoms with van der Waals surface area (Å²) in [5, 5.41) is 7.20. The number of imide groups is 1. The highest BCUT2D eigenvalue weighted by atomic mass is 16.2. The highest BCUT2D eigenvalue weighted by molar-refractivity contribution is 6.21. The molecule has 1 saturated carbocycles. The Morgan fingerprint density at radius 3 is 2.46 bits per heavy atom. The normalized spacial score (nSPS) is 16.1. The average molecular weight is 352 g/mol. The maximum absolute atomic E-state index is 12.4. The number of hydrogen-bond acceptors (Lipinski definition) is 4. The van der Waals surface area contributed by atoms with E-state index < -0.39 is 0 Å². The van der Waals surface area contributed by atoms with Crippen LogP contribution in [0.25, 0.3) is 0 Å². The van der Waals surface area contributed by atoms with Crippen molar-refractivity contribution in [1.82, 2.24) is 14.7 Å². The largest absolute Gasteiger partial charge is 0.311 e. The standard InChI is InChI=1S/C19H20N4O3/c1-12-10-20-23(11-13-6-7-13)17(12)21-16(24)8-9-22-18(25)14-4-2-3-5-15(14)19(22)26/h2-5,10,13H,6-9,11H2,1H3,(H,21,24). The Bertz CT molecular complexity index is 863. The van der Waals surface area contributed by atoms with Crippen LogP contribution in [-0.4, -0.2) is 38.9 Å². The van der Waals surface area contributed by atoms with Crippen LogP contribution in [-0.2, 0) is 11.3 Å². The van der Waals surface area contributed by atoms with E-state index in [4.69, 9.17) is 0 Å². The van der Waals surface area contributed by atoms with Gasteiger partial charge in [-0.05, 0) is 37.8 Å². The molecule has 1 aliphatic carbocycles. The molecule has 0 spiro atoms. The number of fused-ring (bicyclic) bond motifs is 1. The maximum atomic E-state index is 12.4. The van der Waals surface area contributed by atoms with Crippen LogP contribution in [0.1, 0.15) is 45.5 Å². The van der Waals surface area contributed by atoms with Gasteiger partial charge in [0.15, 0.2) is 0 Å². The molecule has 2 aliphatic rings. The highest BCUT2D eigenvalue weighted by Crippen LogP contribution is 2.32. The van der Waals surface area contributed by atoms with E-state index in [1.54, 1.807) is 30.5 Å². The molecule has 26 heavy (non-hydrogen) atoms. The molecule has 2 aromatic rings. The van der Waals surface area contributed by atoms with Crippen molar-refractivity contribution in [3.63, 3.8) is 0 Å². The van der Waals surface area contributed by atoms with Crippen LogP contribution in [0, 0.1) is 12.8 Å². The van der Waals surface area contributed by atoms with Crippen molar-refractivity contribution in [2.45, 2.75) is 32.7 Å². The van der Waals surface area contributed by atoms with Gasteiger partial charge in [0.25, 0.3) is 11.8 Å². The number of carbonyl (C=O) groups is 3. The van der Waals surface area contributed by atoms with E-state index in [2.05, 4.69) is 10.4 Å². The van der Waals surface area contributed by atoms with Gasteiger partial charge in [0.05, 0.1) is 17.3 Å². The third-order valence-electron chi connectivity index (χ3n) is 4.85. The molecule has 7 nitrogen and oxygen atoms in total. The van der Waals surface area contributed by atoms with E-state index in [9.17, 15) is 14.4 Å². The van der Waals surface area contributed by atoms with Crippen molar-refractivity contribution in [3.05, 3.63) is 47.2 Å². The van der Waals surface area contributed by atoms with Crippen molar-refractivity contribution < 1.29 is 14.4 Å². The Balaban J connectivity index is 1.39. The van der Waals surface area contributed by atoms with Gasteiger partial charge in [-0.25, -0.2) is 4.68 Å². The van der Waals surface area contributed by atoms with Gasteiger partial charge in [-0.15, -0.1) is 0 Å². The first-order chi connectivity index (χ1) is 12.5. The number of anilines is 1. The number of rotatable bonds is 6. The maximum Gasteiger partial charge on any atom is 0.261 e. The number of aromatic nitrogens is 2. The third kappa shape index (κ3) is 3.00. The molecule has 0 unspecified atom stereocenters. The molecule has 3 amide bonds. The molecule has 134 valence electrons. The van der Waals surface area contributed by atoms with E-state index >= 15 is 0 Å². The van der Waals surface area contributed by atoms with E-state index in [0.29, 0.717) is 22.9 Å². The minimum atomic E-state index is -0.339. The fourth-order valence-corrected chi connectivity index (χ4v) is 3.18. The summed E-state index contributed by atoms with van der Waals surface area (Å²) in [4.78, 5) is 38.2. The van der Waals surface area contributed by atoms with Crippen LogP contribution in [0.4, 0.5) is 5.82 Å². The Morgan fingerprint density at radius 2 is 1.85 bits per heavy atom. The monoisotopic (exact) mass is 352 g/mol. The molecule has 1 fully saturated rings. The molecule has 7 heteroatoms. The summed E-state index contributed by atoms with van der Waals surface area (Å²) in [6, 6.07) is 6.72. The Kier molecular flexibility index (Phi) is 4.06. The summed E-state index contributed by atoms with van der Waals surface area (Å²) in [5.41, 5.74) is 1.70. The van der Waals surface area contributed by atoms with Gasteiger partial charge >= 0.3 is 0 Å². The summed E-state index contributed by atoms with van der Waals surface area (Å²) in [6.07, 6.45) is 4.19. The molecular weight excluding hydrogens is 332 g/mol. The van der Waals surface area contributed by atoms with Crippen LogP contribution in [0.3, 0.4) is 0 Å². The van der Waals surface area contributed by atoms with E-state index in [1.165, 1.54) is 12.8 Å². The quantitative estimate of drug-likeness (QED) is 0.808. The van der Waals surface area contributed by atoms with E-state index in [0.717, 1.165) is 17.0 Å². The second kappa shape index (κ2) is 6.40. The molecule has 1 aromatic heterocycles. The molecule has 1 aliphatic heterocycles. The Hall–Kier alpha value is -2.96. The number of aryl methyl sites for hydroxylation is 1. The highest BCUT2D eigenvalue weighted by Gasteiger charge is 2.35. The van der Waals surface area contributed by atoms with Gasteiger partial charge in [-0.2, -0.15) is 5.10 Å². The first kappa shape index (κ1) is 16.5. The summed E-state index contributed by atoms with van der Waals surface area (Å²) in [5.74, 6) is 0.427. The zero-order valence-corrected chi connectivity index (χ0v) is 14.6. The van der Waals surface area contributed by atoms with E-state index in [-0.39, 0.29) is 30.7 Å². The second-order valence-corrected chi connectivity index (χ2v) is 6.91. The lowest BCUT2D eigenvalue weighted by Crippen LogP contribution is -2.33. The van der Waals surface area contributed by atoms with Crippen molar-refractivity contribution >= 4 is 23.5 Å². The van der Waals surface area contributed by atoms with Crippen LogP contribution in [0.15, 0.2) is 30.5 Å². The number of carbonyl (C=O) groups excluding carboxylic acids is 3. The zero-order valence-electron chi connectivity index (χ0n) is 14.6. The van der Waals surface area contributed by atoms with Crippen LogP contribution in [0.2, 0.25) is 0 Å². The van der Waals surface area contributed by atoms with Crippen LogP contribution >= 0.6 is 0 Å². The van der Waals surface area contributed by atoms with Crippen LogP contribution in [0.5, 0.6) is 0 Å². The lowest BCUT2D eigenvalue weighted by atomic mass is 10.1. The minimum absolute atomic E-state index is 0.0551. The van der Waals surface area contributed by atoms with Crippen LogP contribution < -0.4 is 5.32 Å². The molecule has 1 N–H and O–H groups in total. The van der Waals surface area contributed by atoms with E-state index in [1.807, 2.05) is 11.6 Å². The molecule has 0 bridgehead atoms. The molecule has 1 aromatic carbocycles. The third-order valence-corrected chi connectivity index (χ3v) is 4.85. The van der Waals surface area contributed by atoms with Gasteiger partial charge in [0.1, 0.15) is 5.82 Å². The fourth-order valence-electron chi connectivity index (χ4n) is 3.18. The molecule has 4 rings (SSSR count). The van der Waals surface area contributed by atoms with Gasteiger partial charge in [0.2, 0.25) is 5.91 Å². The molecular formula is C19H20N4O3. The number of amides is 3. The van der Waals surface area contributed by atoms with Gasteiger partial charge in [-0.3, -0.25) is 19.3 Å². The molecule has 0 saturated heterocycles. The minimum Gasteiger partial charge on any atom is -0.311 e. The average Bonchev–Trinajstić information content (AvgIpc) is 3.35.